The lowest BCUT2D eigenvalue weighted by Gasteiger charge is -2.19. The molecular weight excluding hydrogens is 528 g/mol. The molecule has 222 valence electrons. The number of aromatic nitrogens is 2. The van der Waals surface area contributed by atoms with E-state index < -0.39 is 11.8 Å². The Labute approximate surface area is 248 Å². The number of ether oxygens (including phenoxy) is 2. The van der Waals surface area contributed by atoms with Gasteiger partial charge < -0.3 is 24.3 Å². The molecule has 0 spiro atoms. The second kappa shape index (κ2) is 13.6. The van der Waals surface area contributed by atoms with Gasteiger partial charge in [-0.15, -0.1) is 0 Å². The largest absolute Gasteiger partial charge is 0.514 e. The molecule has 0 saturated heterocycles. The maximum absolute atomic E-state index is 12.7. The average Bonchev–Trinajstić information content (AvgIpc) is 3.28. The maximum Gasteiger partial charge on any atom is 0.514 e. The van der Waals surface area contributed by atoms with Crippen molar-refractivity contribution in [2.45, 2.75) is 73.0 Å². The van der Waals surface area contributed by atoms with Crippen molar-refractivity contribution in [1.82, 2.24) is 14.5 Å². The molecular formula is C34H42N4O4. The molecule has 3 aromatic carbocycles. The summed E-state index contributed by atoms with van der Waals surface area (Å²) in [6, 6.07) is 21.5. The smallest absolute Gasteiger partial charge is 0.428 e. The van der Waals surface area contributed by atoms with Gasteiger partial charge in [-0.05, 0) is 76.4 Å². The van der Waals surface area contributed by atoms with Gasteiger partial charge in [-0.25, -0.2) is 14.6 Å². The average molecular weight is 571 g/mol. The molecule has 2 amide bonds. The Morgan fingerprint density at radius 1 is 0.952 bits per heavy atom. The first kappa shape index (κ1) is 30.6. The minimum Gasteiger partial charge on any atom is -0.428 e. The molecule has 42 heavy (non-hydrogen) atoms. The molecule has 1 N–H and O–H groups in total. The number of nitrogens with one attached hydrogen (secondary N) is 1. The number of unbranched alkanes of at least 4 members (excludes halogenated alkanes) is 1. The highest BCUT2D eigenvalue weighted by Gasteiger charge is 2.20. The number of imidazole rings is 1. The van der Waals surface area contributed by atoms with E-state index in [0.29, 0.717) is 25.4 Å². The number of aryl methyl sites for hydroxylation is 1. The number of amides is 2. The number of nitrogens with zero attached hydrogens (tertiary/aromatic N) is 3. The third kappa shape index (κ3) is 7.69. The molecule has 0 aliphatic rings. The zero-order valence-corrected chi connectivity index (χ0v) is 25.6. The molecule has 4 rings (SSSR count). The van der Waals surface area contributed by atoms with E-state index in [1.165, 1.54) is 0 Å². The molecule has 4 aromatic rings. The first-order chi connectivity index (χ1) is 20.1. The number of para-hydroxylation sites is 1. The Kier molecular flexibility index (Phi) is 9.88. The van der Waals surface area contributed by atoms with Crippen molar-refractivity contribution in [2.75, 3.05) is 18.4 Å². The van der Waals surface area contributed by atoms with E-state index in [1.807, 2.05) is 62.4 Å². The number of fused-ring (bicyclic) bond motifs is 1. The molecule has 8 nitrogen and oxygen atoms in total. The minimum atomic E-state index is -0.731. The van der Waals surface area contributed by atoms with Crippen LogP contribution >= 0.6 is 0 Å². The number of hydrogen-bond donors (Lipinski definition) is 1. The first-order valence-corrected chi connectivity index (χ1v) is 14.8. The van der Waals surface area contributed by atoms with E-state index in [2.05, 4.69) is 28.9 Å². The lowest BCUT2D eigenvalue weighted by molar-refractivity contribution is 0.0207. The van der Waals surface area contributed by atoms with Crippen LogP contribution in [0.5, 0.6) is 5.75 Å². The van der Waals surface area contributed by atoms with Gasteiger partial charge in [-0.2, -0.15) is 0 Å². The zero-order valence-electron chi connectivity index (χ0n) is 25.6. The summed E-state index contributed by atoms with van der Waals surface area (Å²) in [5.74, 6) is 1.47. The summed E-state index contributed by atoms with van der Waals surface area (Å²) >= 11 is 0. The topological polar surface area (TPSA) is 85.7 Å². The van der Waals surface area contributed by atoms with Crippen LogP contribution < -0.4 is 10.1 Å². The second-order valence-corrected chi connectivity index (χ2v) is 11.3. The third-order valence-electron chi connectivity index (χ3n) is 6.96. The summed E-state index contributed by atoms with van der Waals surface area (Å²) in [6.45, 7) is 13.5. The highest BCUT2D eigenvalue weighted by Crippen LogP contribution is 2.31. The molecule has 0 fully saturated rings. The molecule has 0 aliphatic heterocycles. The lowest BCUT2D eigenvalue weighted by Crippen LogP contribution is -2.34. The van der Waals surface area contributed by atoms with Crippen LogP contribution in [-0.4, -0.2) is 45.3 Å². The van der Waals surface area contributed by atoms with Crippen LogP contribution in [0.3, 0.4) is 0 Å². The summed E-state index contributed by atoms with van der Waals surface area (Å²) < 4.78 is 13.1. The Bertz CT molecular complexity index is 1520. The van der Waals surface area contributed by atoms with Crippen molar-refractivity contribution in [3.8, 4) is 16.9 Å². The maximum atomic E-state index is 12.7. The second-order valence-electron chi connectivity index (χ2n) is 11.3. The molecule has 0 saturated carbocycles. The Hall–Kier alpha value is -4.33. The minimum absolute atomic E-state index is 0.108. The molecule has 0 unspecified atom stereocenters. The molecule has 0 atom stereocenters. The van der Waals surface area contributed by atoms with E-state index in [1.54, 1.807) is 31.7 Å². The van der Waals surface area contributed by atoms with Crippen LogP contribution in [-0.2, 0) is 17.7 Å². The molecule has 0 bridgehead atoms. The summed E-state index contributed by atoms with van der Waals surface area (Å²) in [6.07, 6.45) is 2.27. The monoisotopic (exact) mass is 570 g/mol. The van der Waals surface area contributed by atoms with Gasteiger partial charge in [0.05, 0.1) is 11.0 Å². The highest BCUT2D eigenvalue weighted by atomic mass is 16.7. The van der Waals surface area contributed by atoms with Gasteiger partial charge in [-0.3, -0.25) is 0 Å². The Morgan fingerprint density at radius 3 is 2.33 bits per heavy atom. The van der Waals surface area contributed by atoms with E-state index in [4.69, 9.17) is 14.5 Å². The summed E-state index contributed by atoms with van der Waals surface area (Å²) in [4.78, 5) is 31.7. The van der Waals surface area contributed by atoms with Crippen molar-refractivity contribution in [3.05, 3.63) is 78.1 Å². The van der Waals surface area contributed by atoms with Gasteiger partial charge >= 0.3 is 12.2 Å². The fraction of sp³-hybridized carbons (Fsp3) is 0.382. The standard InChI is InChI=1S/C34H42N4O4/c1-7-10-15-31-36-28-21-20-26(35-32(39)37(8-2)9-3)22-29(28)38(31)23-24-16-18-25(19-17-24)27-13-11-12-14-30(27)41-33(40)42-34(4,5)6/h11-14,16-22H,7-10,15,23H2,1-6H3,(H,35,39). The van der Waals surface area contributed by atoms with E-state index in [0.717, 1.165) is 58.5 Å². The van der Waals surface area contributed by atoms with Crippen LogP contribution in [0.15, 0.2) is 66.7 Å². The van der Waals surface area contributed by atoms with Crippen molar-refractivity contribution in [2.24, 2.45) is 0 Å². The van der Waals surface area contributed by atoms with Gasteiger partial charge in [-0.1, -0.05) is 55.8 Å². The number of benzene rings is 3. The number of carbonyl (C=O) groups excluding carboxylic acids is 2. The summed E-state index contributed by atoms with van der Waals surface area (Å²) in [5.41, 5.74) is 4.85. The number of rotatable bonds is 10. The number of hydrogen-bond acceptors (Lipinski definition) is 5. The van der Waals surface area contributed by atoms with Crippen molar-refractivity contribution in [3.63, 3.8) is 0 Å². The normalized spacial score (nSPS) is 11.4. The van der Waals surface area contributed by atoms with Gasteiger partial charge in [0.1, 0.15) is 17.2 Å². The number of carbonyl (C=O) groups is 2. The number of anilines is 1. The zero-order chi connectivity index (χ0) is 30.3. The molecule has 8 heteroatoms. The highest BCUT2D eigenvalue weighted by molar-refractivity contribution is 5.92. The third-order valence-corrected chi connectivity index (χ3v) is 6.96. The van der Waals surface area contributed by atoms with Crippen molar-refractivity contribution in [1.29, 1.82) is 0 Å². The van der Waals surface area contributed by atoms with Gasteiger partial charge in [0, 0.05) is 37.3 Å². The fourth-order valence-electron chi connectivity index (χ4n) is 4.79. The van der Waals surface area contributed by atoms with Crippen molar-refractivity contribution < 1.29 is 19.1 Å². The SMILES string of the molecule is CCCCc1nc2ccc(NC(=O)N(CC)CC)cc2n1Cc1ccc(-c2ccccc2OC(=O)OC(C)(C)C)cc1. The van der Waals surface area contributed by atoms with Crippen LogP contribution in [0, 0.1) is 0 Å². The molecule has 0 aliphatic carbocycles. The van der Waals surface area contributed by atoms with Gasteiger partial charge in [0.25, 0.3) is 0 Å². The van der Waals surface area contributed by atoms with E-state index in [9.17, 15) is 9.59 Å². The van der Waals surface area contributed by atoms with Crippen molar-refractivity contribution >= 4 is 28.9 Å². The fourth-order valence-corrected chi connectivity index (χ4v) is 4.79. The van der Waals surface area contributed by atoms with E-state index >= 15 is 0 Å². The molecule has 0 radical (unpaired) electrons. The Morgan fingerprint density at radius 2 is 1.67 bits per heavy atom. The quantitative estimate of drug-likeness (QED) is 0.153. The predicted molar refractivity (Wildman–Crippen MR) is 168 cm³/mol. The van der Waals surface area contributed by atoms with E-state index in [-0.39, 0.29) is 6.03 Å². The molecule has 1 heterocycles. The predicted octanol–water partition coefficient (Wildman–Crippen LogP) is 8.28. The summed E-state index contributed by atoms with van der Waals surface area (Å²) in [5, 5.41) is 3.04. The van der Waals surface area contributed by atoms with Gasteiger partial charge in [0.2, 0.25) is 0 Å². The van der Waals surface area contributed by atoms with Crippen LogP contribution in [0.25, 0.3) is 22.2 Å². The number of urea groups is 1. The van der Waals surface area contributed by atoms with Crippen LogP contribution in [0.2, 0.25) is 0 Å². The first-order valence-electron chi connectivity index (χ1n) is 14.8. The Balaban J connectivity index is 1.60. The summed E-state index contributed by atoms with van der Waals surface area (Å²) in [7, 11) is 0. The molecule has 1 aromatic heterocycles. The lowest BCUT2D eigenvalue weighted by atomic mass is 10.0. The van der Waals surface area contributed by atoms with Gasteiger partial charge in [0.15, 0.2) is 0 Å². The van der Waals surface area contributed by atoms with Crippen LogP contribution in [0.4, 0.5) is 15.3 Å². The van der Waals surface area contributed by atoms with Crippen LogP contribution in [0.1, 0.15) is 65.8 Å².